The monoisotopic (exact) mass is 258 g/mol. The first-order valence-corrected chi connectivity index (χ1v) is 6.19. The molecule has 3 heteroatoms. The van der Waals surface area contributed by atoms with Crippen LogP contribution in [-0.2, 0) is 13.2 Å². The Labute approximate surface area is 113 Å². The summed E-state index contributed by atoms with van der Waals surface area (Å²) in [6, 6.07) is 13.5. The molecule has 2 aromatic carbocycles. The molecule has 0 atom stereocenters. The van der Waals surface area contributed by atoms with Crippen molar-refractivity contribution in [2.45, 2.75) is 20.1 Å². The van der Waals surface area contributed by atoms with Crippen molar-refractivity contribution >= 4 is 0 Å². The number of methoxy groups -OCH3 is 1. The van der Waals surface area contributed by atoms with Gasteiger partial charge in [-0.25, -0.2) is 0 Å². The van der Waals surface area contributed by atoms with Crippen molar-refractivity contribution in [1.29, 1.82) is 0 Å². The van der Waals surface area contributed by atoms with E-state index in [0.29, 0.717) is 18.1 Å². The summed E-state index contributed by atoms with van der Waals surface area (Å²) in [5.74, 6) is 1.32. The minimum Gasteiger partial charge on any atom is -0.493 e. The molecular formula is C16H18O3. The molecule has 0 bridgehead atoms. The van der Waals surface area contributed by atoms with Gasteiger partial charge in [-0.3, -0.25) is 0 Å². The third-order valence-corrected chi connectivity index (χ3v) is 3.06. The molecule has 0 aliphatic rings. The van der Waals surface area contributed by atoms with Gasteiger partial charge in [0.25, 0.3) is 0 Å². The molecule has 3 nitrogen and oxygen atoms in total. The average Bonchev–Trinajstić information content (AvgIpc) is 2.46. The molecule has 0 aliphatic carbocycles. The van der Waals surface area contributed by atoms with E-state index in [-0.39, 0.29) is 6.61 Å². The minimum absolute atomic E-state index is 0.00921. The van der Waals surface area contributed by atoms with Crippen LogP contribution < -0.4 is 9.47 Å². The molecule has 100 valence electrons. The minimum atomic E-state index is -0.00921. The lowest BCUT2D eigenvalue weighted by molar-refractivity contribution is 0.271. The standard InChI is InChI=1S/C16H18O3/c1-12-5-3-4-6-14(12)11-19-16-9-13(10-17)7-8-15(16)18-2/h3-9,17H,10-11H2,1-2H3. The van der Waals surface area contributed by atoms with Crippen LogP contribution in [0, 0.1) is 6.92 Å². The van der Waals surface area contributed by atoms with Gasteiger partial charge in [0.05, 0.1) is 13.7 Å². The van der Waals surface area contributed by atoms with Gasteiger partial charge in [0.2, 0.25) is 0 Å². The number of aliphatic hydroxyl groups is 1. The lowest BCUT2D eigenvalue weighted by Gasteiger charge is -2.13. The second-order valence-corrected chi connectivity index (χ2v) is 4.36. The van der Waals surface area contributed by atoms with E-state index in [1.807, 2.05) is 24.3 Å². The van der Waals surface area contributed by atoms with Gasteiger partial charge in [-0.1, -0.05) is 30.3 Å². The number of rotatable bonds is 5. The Morgan fingerprint density at radius 3 is 2.53 bits per heavy atom. The quantitative estimate of drug-likeness (QED) is 0.895. The lowest BCUT2D eigenvalue weighted by Crippen LogP contribution is -2.00. The van der Waals surface area contributed by atoms with E-state index >= 15 is 0 Å². The first-order valence-electron chi connectivity index (χ1n) is 6.19. The molecule has 0 spiro atoms. The van der Waals surface area contributed by atoms with Gasteiger partial charge in [0.15, 0.2) is 11.5 Å². The summed E-state index contributed by atoms with van der Waals surface area (Å²) in [6.07, 6.45) is 0. The zero-order valence-corrected chi connectivity index (χ0v) is 11.2. The van der Waals surface area contributed by atoms with E-state index in [0.717, 1.165) is 11.1 Å². The Bertz CT molecular complexity index is 549. The molecule has 0 saturated carbocycles. The molecule has 2 aromatic rings. The average molecular weight is 258 g/mol. The zero-order chi connectivity index (χ0) is 13.7. The summed E-state index contributed by atoms with van der Waals surface area (Å²) in [7, 11) is 1.61. The molecular weight excluding hydrogens is 240 g/mol. The van der Waals surface area contributed by atoms with E-state index in [4.69, 9.17) is 14.6 Å². The second kappa shape index (κ2) is 6.25. The maximum absolute atomic E-state index is 9.16. The fourth-order valence-corrected chi connectivity index (χ4v) is 1.86. The molecule has 0 aliphatic heterocycles. The van der Waals surface area contributed by atoms with Gasteiger partial charge >= 0.3 is 0 Å². The number of hydrogen-bond acceptors (Lipinski definition) is 3. The van der Waals surface area contributed by atoms with Gasteiger partial charge in [-0.15, -0.1) is 0 Å². The van der Waals surface area contributed by atoms with Gasteiger partial charge in [0.1, 0.15) is 6.61 Å². The largest absolute Gasteiger partial charge is 0.493 e. The van der Waals surface area contributed by atoms with Gasteiger partial charge in [-0.05, 0) is 35.7 Å². The maximum Gasteiger partial charge on any atom is 0.162 e. The van der Waals surface area contributed by atoms with E-state index < -0.39 is 0 Å². The Morgan fingerprint density at radius 1 is 1.05 bits per heavy atom. The van der Waals surface area contributed by atoms with Crippen molar-refractivity contribution in [2.75, 3.05) is 7.11 Å². The summed E-state index contributed by atoms with van der Waals surface area (Å²) in [6.45, 7) is 2.53. The van der Waals surface area contributed by atoms with Crippen LogP contribution in [-0.4, -0.2) is 12.2 Å². The van der Waals surface area contributed by atoms with E-state index in [2.05, 4.69) is 13.0 Å². The molecule has 0 unspecified atom stereocenters. The highest BCUT2D eigenvalue weighted by Crippen LogP contribution is 2.29. The summed E-state index contributed by atoms with van der Waals surface area (Å²) in [4.78, 5) is 0. The molecule has 0 fully saturated rings. The van der Waals surface area contributed by atoms with Crippen LogP contribution in [0.5, 0.6) is 11.5 Å². The molecule has 0 radical (unpaired) electrons. The highest BCUT2D eigenvalue weighted by molar-refractivity contribution is 5.43. The molecule has 19 heavy (non-hydrogen) atoms. The van der Waals surface area contributed by atoms with Crippen LogP contribution in [0.25, 0.3) is 0 Å². The van der Waals surface area contributed by atoms with Crippen molar-refractivity contribution in [1.82, 2.24) is 0 Å². The fourth-order valence-electron chi connectivity index (χ4n) is 1.86. The Hall–Kier alpha value is -2.00. The van der Waals surface area contributed by atoms with Crippen LogP contribution in [0.1, 0.15) is 16.7 Å². The predicted octanol–water partition coefficient (Wildman–Crippen LogP) is 3.07. The van der Waals surface area contributed by atoms with Crippen molar-refractivity contribution in [3.63, 3.8) is 0 Å². The molecule has 2 rings (SSSR count). The first kappa shape index (κ1) is 13.4. The van der Waals surface area contributed by atoms with Crippen molar-refractivity contribution in [3.05, 3.63) is 59.2 Å². The van der Waals surface area contributed by atoms with E-state index in [9.17, 15) is 0 Å². The van der Waals surface area contributed by atoms with Crippen molar-refractivity contribution < 1.29 is 14.6 Å². The number of benzene rings is 2. The lowest BCUT2D eigenvalue weighted by atomic mass is 10.1. The van der Waals surface area contributed by atoms with Gasteiger partial charge < -0.3 is 14.6 Å². The summed E-state index contributed by atoms with van der Waals surface area (Å²) < 4.78 is 11.1. The Kier molecular flexibility index (Phi) is 4.42. The molecule has 0 heterocycles. The normalized spacial score (nSPS) is 10.3. The number of aliphatic hydroxyl groups excluding tert-OH is 1. The molecule has 0 aromatic heterocycles. The van der Waals surface area contributed by atoms with Crippen molar-refractivity contribution in [3.8, 4) is 11.5 Å². The highest BCUT2D eigenvalue weighted by Gasteiger charge is 2.06. The summed E-state index contributed by atoms with van der Waals surface area (Å²) >= 11 is 0. The number of ether oxygens (including phenoxy) is 2. The Balaban J connectivity index is 2.16. The second-order valence-electron chi connectivity index (χ2n) is 4.36. The van der Waals surface area contributed by atoms with Crippen LogP contribution in [0.4, 0.5) is 0 Å². The van der Waals surface area contributed by atoms with E-state index in [1.54, 1.807) is 19.2 Å². The zero-order valence-electron chi connectivity index (χ0n) is 11.2. The first-order chi connectivity index (χ1) is 9.24. The number of aryl methyl sites for hydroxylation is 1. The fraction of sp³-hybridized carbons (Fsp3) is 0.250. The number of hydrogen-bond donors (Lipinski definition) is 1. The summed E-state index contributed by atoms with van der Waals surface area (Å²) in [5.41, 5.74) is 3.14. The maximum atomic E-state index is 9.16. The van der Waals surface area contributed by atoms with Gasteiger partial charge in [0, 0.05) is 0 Å². The molecule has 0 amide bonds. The Morgan fingerprint density at radius 2 is 1.84 bits per heavy atom. The van der Waals surface area contributed by atoms with Crippen molar-refractivity contribution in [2.24, 2.45) is 0 Å². The van der Waals surface area contributed by atoms with E-state index in [1.165, 1.54) is 5.56 Å². The smallest absolute Gasteiger partial charge is 0.162 e. The van der Waals surface area contributed by atoms with Crippen LogP contribution in [0.3, 0.4) is 0 Å². The highest BCUT2D eigenvalue weighted by atomic mass is 16.5. The van der Waals surface area contributed by atoms with Crippen LogP contribution in [0.15, 0.2) is 42.5 Å². The molecule has 0 saturated heterocycles. The SMILES string of the molecule is COc1ccc(CO)cc1OCc1ccccc1C. The third kappa shape index (κ3) is 3.26. The van der Waals surface area contributed by atoms with Crippen LogP contribution in [0.2, 0.25) is 0 Å². The predicted molar refractivity (Wildman–Crippen MR) is 74.4 cm³/mol. The third-order valence-electron chi connectivity index (χ3n) is 3.06. The topological polar surface area (TPSA) is 38.7 Å². The van der Waals surface area contributed by atoms with Gasteiger partial charge in [-0.2, -0.15) is 0 Å². The van der Waals surface area contributed by atoms with Crippen LogP contribution >= 0.6 is 0 Å². The summed E-state index contributed by atoms with van der Waals surface area (Å²) in [5, 5.41) is 9.16. The molecule has 1 N–H and O–H groups in total.